The lowest BCUT2D eigenvalue weighted by Crippen LogP contribution is -2.14. The van der Waals surface area contributed by atoms with Crippen molar-refractivity contribution in [2.24, 2.45) is 0 Å². The molecule has 0 aliphatic carbocycles. The molecule has 1 amide bonds. The summed E-state index contributed by atoms with van der Waals surface area (Å²) in [6, 6.07) is 22.8. The van der Waals surface area contributed by atoms with Crippen LogP contribution in [-0.4, -0.2) is 20.7 Å². The minimum atomic E-state index is -0.416. The Balaban J connectivity index is 1.77. The van der Waals surface area contributed by atoms with Gasteiger partial charge in [-0.15, -0.1) is 5.10 Å². The van der Waals surface area contributed by atoms with Gasteiger partial charge in [-0.2, -0.15) is 0 Å². The molecule has 0 saturated carbocycles. The Morgan fingerprint density at radius 1 is 0.964 bits per heavy atom. The maximum absolute atomic E-state index is 13.3. The second-order valence-corrected chi connectivity index (χ2v) is 6.34. The second kappa shape index (κ2) is 7.44. The first-order chi connectivity index (χ1) is 13.6. The summed E-state index contributed by atoms with van der Waals surface area (Å²) in [5, 5.41) is 7.20. The second-order valence-electron chi connectivity index (χ2n) is 6.34. The first-order valence-electron chi connectivity index (χ1n) is 8.76. The minimum absolute atomic E-state index is 0.0321. The molecule has 1 heterocycles. The summed E-state index contributed by atoms with van der Waals surface area (Å²) < 4.78 is 14.9. The summed E-state index contributed by atoms with van der Waals surface area (Å²) in [6.45, 7) is 1.97. The minimum Gasteiger partial charge on any atom is -0.319 e. The van der Waals surface area contributed by atoms with Gasteiger partial charge in [-0.25, -0.2) is 14.1 Å². The number of hydrogen-bond donors (Lipinski definition) is 1. The summed E-state index contributed by atoms with van der Waals surface area (Å²) in [4.78, 5) is 17.1. The Morgan fingerprint density at radius 2 is 1.71 bits per heavy atom. The number of aromatic nitrogens is 3. The molecule has 0 aliphatic heterocycles. The number of carbonyl (C=O) groups excluding carboxylic acids is 1. The van der Waals surface area contributed by atoms with Crippen LogP contribution >= 0.6 is 0 Å². The van der Waals surface area contributed by atoms with Gasteiger partial charge in [-0.05, 0) is 61.0 Å². The van der Waals surface area contributed by atoms with E-state index in [0.29, 0.717) is 17.1 Å². The van der Waals surface area contributed by atoms with E-state index in [0.717, 1.165) is 11.3 Å². The SMILES string of the molecule is Cc1cccc(-n2nc(C(=O)Nc3ccccc3)nc2-c2ccc(F)cc2)c1. The largest absolute Gasteiger partial charge is 0.319 e. The van der Waals surface area contributed by atoms with Crippen LogP contribution < -0.4 is 5.32 Å². The smallest absolute Gasteiger partial charge is 0.295 e. The Morgan fingerprint density at radius 3 is 2.43 bits per heavy atom. The Bertz CT molecular complexity index is 1120. The van der Waals surface area contributed by atoms with Gasteiger partial charge in [-0.3, -0.25) is 4.79 Å². The normalized spacial score (nSPS) is 10.6. The molecule has 0 fully saturated rings. The van der Waals surface area contributed by atoms with E-state index in [1.165, 1.54) is 12.1 Å². The van der Waals surface area contributed by atoms with Crippen LogP contribution in [0.15, 0.2) is 78.9 Å². The van der Waals surface area contributed by atoms with Crippen LogP contribution in [0.2, 0.25) is 0 Å². The number of halogens is 1. The maximum Gasteiger partial charge on any atom is 0.295 e. The van der Waals surface area contributed by atoms with Gasteiger partial charge < -0.3 is 5.32 Å². The molecule has 0 bridgehead atoms. The van der Waals surface area contributed by atoms with E-state index in [9.17, 15) is 9.18 Å². The van der Waals surface area contributed by atoms with Crippen molar-refractivity contribution in [3.8, 4) is 17.1 Å². The lowest BCUT2D eigenvalue weighted by molar-refractivity contribution is 0.101. The average molecular weight is 372 g/mol. The summed E-state index contributed by atoms with van der Waals surface area (Å²) in [5.74, 6) is -0.262. The molecule has 1 aromatic heterocycles. The molecule has 0 aliphatic rings. The third kappa shape index (κ3) is 3.66. The molecule has 0 unspecified atom stereocenters. The summed E-state index contributed by atoms with van der Waals surface area (Å²) >= 11 is 0. The number of rotatable bonds is 4. The number of nitrogens with one attached hydrogen (secondary N) is 1. The maximum atomic E-state index is 13.3. The van der Waals surface area contributed by atoms with Crippen LogP contribution in [0.5, 0.6) is 0 Å². The first-order valence-corrected chi connectivity index (χ1v) is 8.76. The van der Waals surface area contributed by atoms with Crippen molar-refractivity contribution in [2.75, 3.05) is 5.32 Å². The summed E-state index contributed by atoms with van der Waals surface area (Å²) in [7, 11) is 0. The lowest BCUT2D eigenvalue weighted by Gasteiger charge is -2.06. The van der Waals surface area contributed by atoms with Gasteiger partial charge in [0.15, 0.2) is 5.82 Å². The van der Waals surface area contributed by atoms with Gasteiger partial charge in [0.2, 0.25) is 5.82 Å². The van der Waals surface area contributed by atoms with Crippen LogP contribution in [0.25, 0.3) is 17.1 Å². The van der Waals surface area contributed by atoms with Crippen LogP contribution in [0.3, 0.4) is 0 Å². The van der Waals surface area contributed by atoms with Crippen molar-refractivity contribution < 1.29 is 9.18 Å². The Hall–Kier alpha value is -3.80. The monoisotopic (exact) mass is 372 g/mol. The van der Waals surface area contributed by atoms with Gasteiger partial charge >= 0.3 is 0 Å². The van der Waals surface area contributed by atoms with E-state index in [4.69, 9.17) is 0 Å². The molecular formula is C22H17FN4O. The van der Waals surface area contributed by atoms with Crippen molar-refractivity contribution in [1.29, 1.82) is 0 Å². The van der Waals surface area contributed by atoms with Gasteiger partial charge in [0.25, 0.3) is 5.91 Å². The van der Waals surface area contributed by atoms with Crippen LogP contribution in [-0.2, 0) is 0 Å². The van der Waals surface area contributed by atoms with E-state index in [1.807, 2.05) is 49.4 Å². The molecule has 6 heteroatoms. The fourth-order valence-corrected chi connectivity index (χ4v) is 2.84. The number of para-hydroxylation sites is 1. The van der Waals surface area contributed by atoms with E-state index in [2.05, 4.69) is 15.4 Å². The highest BCUT2D eigenvalue weighted by atomic mass is 19.1. The molecule has 138 valence electrons. The number of hydrogen-bond acceptors (Lipinski definition) is 3. The van der Waals surface area contributed by atoms with E-state index < -0.39 is 5.91 Å². The molecule has 0 spiro atoms. The van der Waals surface area contributed by atoms with Gasteiger partial charge in [0.1, 0.15) is 5.82 Å². The molecule has 4 aromatic rings. The summed E-state index contributed by atoms with van der Waals surface area (Å²) in [6.07, 6.45) is 0. The van der Waals surface area contributed by atoms with Gasteiger partial charge in [0.05, 0.1) is 5.69 Å². The predicted octanol–water partition coefficient (Wildman–Crippen LogP) is 4.63. The van der Waals surface area contributed by atoms with Crippen LogP contribution in [0.1, 0.15) is 16.2 Å². The number of amides is 1. The molecule has 0 radical (unpaired) electrons. The first kappa shape index (κ1) is 17.6. The molecule has 1 N–H and O–H groups in total. The number of carbonyl (C=O) groups is 1. The molecular weight excluding hydrogens is 355 g/mol. The third-order valence-corrected chi connectivity index (χ3v) is 4.19. The topological polar surface area (TPSA) is 59.8 Å². The Labute approximate surface area is 161 Å². The van der Waals surface area contributed by atoms with Crippen molar-refractivity contribution in [3.05, 3.63) is 96.1 Å². The molecule has 28 heavy (non-hydrogen) atoms. The number of benzene rings is 3. The van der Waals surface area contributed by atoms with E-state index in [-0.39, 0.29) is 11.6 Å². The van der Waals surface area contributed by atoms with E-state index >= 15 is 0 Å². The van der Waals surface area contributed by atoms with Crippen molar-refractivity contribution >= 4 is 11.6 Å². The fourth-order valence-electron chi connectivity index (χ4n) is 2.84. The standard InChI is InChI=1S/C22H17FN4O/c1-15-6-5-9-19(14-15)27-21(16-10-12-17(23)13-11-16)25-20(26-27)22(28)24-18-7-3-2-4-8-18/h2-14H,1H3,(H,24,28). The zero-order valence-electron chi connectivity index (χ0n) is 15.1. The molecule has 4 rings (SSSR count). The highest BCUT2D eigenvalue weighted by Gasteiger charge is 2.19. The fraction of sp³-hybridized carbons (Fsp3) is 0.0455. The third-order valence-electron chi connectivity index (χ3n) is 4.19. The number of aryl methyl sites for hydroxylation is 1. The average Bonchev–Trinajstić information content (AvgIpc) is 3.15. The zero-order valence-corrected chi connectivity index (χ0v) is 15.1. The molecule has 3 aromatic carbocycles. The van der Waals surface area contributed by atoms with Crippen LogP contribution in [0.4, 0.5) is 10.1 Å². The number of nitrogens with zero attached hydrogens (tertiary/aromatic N) is 3. The quantitative estimate of drug-likeness (QED) is 0.568. The van der Waals surface area contributed by atoms with Crippen LogP contribution in [0, 0.1) is 12.7 Å². The highest BCUT2D eigenvalue weighted by molar-refractivity contribution is 6.01. The lowest BCUT2D eigenvalue weighted by atomic mass is 10.2. The summed E-state index contributed by atoms with van der Waals surface area (Å²) in [5.41, 5.74) is 3.14. The molecule has 0 saturated heterocycles. The van der Waals surface area contributed by atoms with Crippen molar-refractivity contribution in [2.45, 2.75) is 6.92 Å². The van der Waals surface area contributed by atoms with Gasteiger partial charge in [0, 0.05) is 11.3 Å². The molecule has 0 atom stereocenters. The van der Waals surface area contributed by atoms with Gasteiger partial charge in [-0.1, -0.05) is 30.3 Å². The van der Waals surface area contributed by atoms with E-state index in [1.54, 1.807) is 28.9 Å². The number of anilines is 1. The molecule has 5 nitrogen and oxygen atoms in total. The van der Waals surface area contributed by atoms with Crippen molar-refractivity contribution in [1.82, 2.24) is 14.8 Å². The zero-order chi connectivity index (χ0) is 19.5. The predicted molar refractivity (Wildman–Crippen MR) is 106 cm³/mol. The highest BCUT2D eigenvalue weighted by Crippen LogP contribution is 2.22. The Kier molecular flexibility index (Phi) is 4.68. The van der Waals surface area contributed by atoms with Crippen molar-refractivity contribution in [3.63, 3.8) is 0 Å².